The minimum absolute atomic E-state index is 0.0897. The fourth-order valence-electron chi connectivity index (χ4n) is 15.2. The van der Waals surface area contributed by atoms with Gasteiger partial charge in [-0.3, -0.25) is 38.4 Å². The molecule has 12 aromatic rings. The monoisotopic (exact) mass is 1870 g/mol. The molecule has 41 nitrogen and oxygen atoms in total. The number of rotatable bonds is 60. The first kappa shape index (κ1) is 102. The Morgan fingerprint density at radius 2 is 0.533 bits per heavy atom. The SMILES string of the molecule is CCCn1c(COCC)nc2c(NC(=O)CNC(=O)COCCOCC(COCCOCC(=O)NCC(=O)Nc3nc4ccccc4c4c3nc(COCC)n4CCC)(COCCOCC(=O)NCC(=O)Nc3nc4ccccc4c4c3nc(COCC)n4CCC)COCCOCC(=O)NCC(=O)Nc3nc4ccccc4c4c3nc(COCC)n4CC(C)(C)O)nc3ccccc3c21. The van der Waals surface area contributed by atoms with E-state index >= 15 is 0 Å². The molecular weight excluding hydrogens is 1750 g/mol. The number of hydrogen-bond acceptors (Lipinski definition) is 29. The molecule has 0 unspecified atom stereocenters. The van der Waals surface area contributed by atoms with E-state index in [4.69, 9.17) is 96.7 Å². The van der Waals surface area contributed by atoms with Crippen LogP contribution in [0.25, 0.3) is 87.7 Å². The Kier molecular flexibility index (Phi) is 38.2. The van der Waals surface area contributed by atoms with E-state index in [2.05, 4.69) is 77.0 Å². The number of fused-ring (bicyclic) bond motifs is 12. The number of aliphatic hydroxyl groups is 1. The molecule has 8 heterocycles. The Bertz CT molecular complexity index is 5640. The largest absolute Gasteiger partial charge is 0.389 e. The van der Waals surface area contributed by atoms with Crippen LogP contribution in [0.2, 0.25) is 0 Å². The zero-order valence-corrected chi connectivity index (χ0v) is 78.0. The van der Waals surface area contributed by atoms with Crippen LogP contribution >= 0.6 is 0 Å². The van der Waals surface area contributed by atoms with Gasteiger partial charge in [-0.05, 0) is 85.1 Å². The molecule has 8 amide bonds. The average molecular weight is 1870 g/mol. The molecule has 0 bridgehead atoms. The molecule has 8 aromatic heterocycles. The second-order valence-electron chi connectivity index (χ2n) is 32.4. The van der Waals surface area contributed by atoms with Crippen molar-refractivity contribution in [1.29, 1.82) is 0 Å². The first-order valence-electron chi connectivity index (χ1n) is 45.6. The molecule has 0 spiro atoms. The number of carbonyl (C=O) groups is 8. The van der Waals surface area contributed by atoms with Crippen LogP contribution in [0.4, 0.5) is 23.3 Å². The van der Waals surface area contributed by atoms with E-state index in [1.807, 2.05) is 123 Å². The van der Waals surface area contributed by atoms with E-state index in [1.165, 1.54) is 0 Å². The fraction of sp³-hybridized carbons (Fsp3) is 0.489. The Labute approximate surface area is 779 Å². The number of benzene rings is 4. The van der Waals surface area contributed by atoms with Crippen molar-refractivity contribution in [3.63, 3.8) is 0 Å². The smallest absolute Gasteiger partial charge is 0.246 e. The summed E-state index contributed by atoms with van der Waals surface area (Å²) in [5.74, 6) is -1.34. The van der Waals surface area contributed by atoms with Crippen LogP contribution in [0.3, 0.4) is 0 Å². The minimum atomic E-state index is -1.20. The third-order valence-electron chi connectivity index (χ3n) is 21.1. The summed E-state index contributed by atoms with van der Waals surface area (Å²) in [6.07, 6.45) is 2.43. The lowest BCUT2D eigenvalue weighted by molar-refractivity contribution is -0.134. The van der Waals surface area contributed by atoms with Gasteiger partial charge in [0.15, 0.2) is 23.3 Å². The van der Waals surface area contributed by atoms with Crippen LogP contribution in [0.15, 0.2) is 97.1 Å². The van der Waals surface area contributed by atoms with Gasteiger partial charge in [-0.25, -0.2) is 39.9 Å². The van der Waals surface area contributed by atoms with Crippen LogP contribution in [0.5, 0.6) is 0 Å². The molecule has 0 atom stereocenters. The van der Waals surface area contributed by atoms with Gasteiger partial charge >= 0.3 is 0 Å². The summed E-state index contributed by atoms with van der Waals surface area (Å²) in [4.78, 5) is 146. The Morgan fingerprint density at radius 3 is 0.770 bits per heavy atom. The number of anilines is 4. The second kappa shape index (κ2) is 50.8. The second-order valence-corrected chi connectivity index (χ2v) is 32.4. The highest BCUT2D eigenvalue weighted by Gasteiger charge is 2.34. The van der Waals surface area contributed by atoms with Crippen LogP contribution in [-0.2, 0) is 148 Å². The summed E-state index contributed by atoms with van der Waals surface area (Å²) < 4.78 is 79.3. The fourth-order valence-corrected chi connectivity index (χ4v) is 15.2. The first-order valence-corrected chi connectivity index (χ1v) is 45.6. The maximum absolute atomic E-state index is 13.6. The van der Waals surface area contributed by atoms with Crippen LogP contribution in [-0.4, -0.2) is 274 Å². The summed E-state index contributed by atoms with van der Waals surface area (Å²) in [5, 5.41) is 36.0. The molecule has 0 fully saturated rings. The number of aryl methyl sites for hydroxylation is 3. The maximum atomic E-state index is 13.6. The molecule has 0 radical (unpaired) electrons. The van der Waals surface area contributed by atoms with Crippen LogP contribution < -0.4 is 42.5 Å². The number of amides is 8. The van der Waals surface area contributed by atoms with Gasteiger partial charge in [0.05, 0.1) is 167 Å². The normalized spacial score (nSPS) is 11.9. The van der Waals surface area contributed by atoms with Crippen molar-refractivity contribution in [3.05, 3.63) is 120 Å². The molecule has 41 heteroatoms. The van der Waals surface area contributed by atoms with Crippen LogP contribution in [0, 0.1) is 5.41 Å². The Balaban J connectivity index is 0.682. The van der Waals surface area contributed by atoms with Gasteiger partial charge in [0, 0.05) is 67.6 Å². The average Bonchev–Trinajstić information content (AvgIpc) is 1.61. The highest BCUT2D eigenvalue weighted by Crippen LogP contribution is 2.37. The summed E-state index contributed by atoms with van der Waals surface area (Å²) in [5.41, 5.74) is 4.94. The van der Waals surface area contributed by atoms with Crippen molar-refractivity contribution in [1.82, 2.24) is 79.4 Å². The summed E-state index contributed by atoms with van der Waals surface area (Å²) in [6, 6.07) is 30.0. The molecule has 0 saturated heterocycles. The van der Waals surface area contributed by atoms with Crippen molar-refractivity contribution < 1.29 is 100 Å². The number of pyridine rings is 4. The molecule has 724 valence electrons. The van der Waals surface area contributed by atoms with E-state index in [0.717, 1.165) is 57.4 Å². The quantitative estimate of drug-likeness (QED) is 0.0164. The van der Waals surface area contributed by atoms with E-state index in [1.54, 1.807) is 19.9 Å². The lowest BCUT2D eigenvalue weighted by atomic mass is 9.92. The summed E-state index contributed by atoms with van der Waals surface area (Å²) in [7, 11) is 0. The van der Waals surface area contributed by atoms with Gasteiger partial charge in [-0.15, -0.1) is 0 Å². The van der Waals surface area contributed by atoms with Gasteiger partial charge in [0.1, 0.15) is 98.2 Å². The van der Waals surface area contributed by atoms with Crippen molar-refractivity contribution in [2.75, 3.05) is 180 Å². The van der Waals surface area contributed by atoms with Gasteiger partial charge in [0.2, 0.25) is 47.3 Å². The van der Waals surface area contributed by atoms with Gasteiger partial charge < -0.3 is 123 Å². The van der Waals surface area contributed by atoms with Crippen LogP contribution in [0.1, 0.15) is 105 Å². The molecule has 0 aliphatic carbocycles. The topological polar surface area (TPSA) is 487 Å². The predicted octanol–water partition coefficient (Wildman–Crippen LogP) is 7.86. The highest BCUT2D eigenvalue weighted by molar-refractivity contribution is 6.14. The predicted molar refractivity (Wildman–Crippen MR) is 504 cm³/mol. The highest BCUT2D eigenvalue weighted by atomic mass is 16.6. The van der Waals surface area contributed by atoms with Crippen molar-refractivity contribution >= 4 is 158 Å². The van der Waals surface area contributed by atoms with Crippen molar-refractivity contribution in [2.45, 2.75) is 140 Å². The standard InChI is InChI=1S/C94H122N20O21/c1-10-33-111-69(48-124-13-4)103-81-85(111)61-25-17-21-29-65(61)99-89(81)107-73(115)44-95-77(119)52-128-36-40-132-57-94(58-133-41-37-129-53-78(120)96-45-74(116)108-90-82-86(62-26-18-22-30-66(62)100-90)112(34-11-2)70(104-82)49-125-14-5,59-134-42-38-130-54-79(121)97-46-75(117)109-91-83-87(63-27-19-23-31-67(63)101-91)113(35-12-3)71(105-83)50-126-15-6)60-135-43-39-131-55-80(122)98-47-76(118)110-92-84-88(64-28-20-24-32-68(64)102-92)114(56-93(8,9)123)72(106-84)51-127-16-7/h17-32,123H,10-16,33-60H2,1-9H3,(H,95,119)(H,96,120)(H,97,121)(H,98,122)(H,99,107,115)(H,100,108,116)(H,101,109,117)(H,102,110,118). The number of aromatic nitrogens is 12. The molecular formula is C94H122N20O21. The zero-order valence-electron chi connectivity index (χ0n) is 78.0. The minimum Gasteiger partial charge on any atom is -0.389 e. The van der Waals surface area contributed by atoms with E-state index in [-0.39, 0.29) is 136 Å². The molecule has 4 aromatic carbocycles. The van der Waals surface area contributed by atoms with Gasteiger partial charge in [-0.1, -0.05) is 93.6 Å². The van der Waals surface area contributed by atoms with Gasteiger partial charge in [0.25, 0.3) is 0 Å². The van der Waals surface area contributed by atoms with E-state index in [9.17, 15) is 43.5 Å². The summed E-state index contributed by atoms with van der Waals surface area (Å²) >= 11 is 0. The van der Waals surface area contributed by atoms with Crippen molar-refractivity contribution in [2.24, 2.45) is 5.41 Å². The summed E-state index contributed by atoms with van der Waals surface area (Å²) in [6.45, 7) is 16.9. The van der Waals surface area contributed by atoms with Crippen molar-refractivity contribution in [3.8, 4) is 0 Å². The number of nitrogens with one attached hydrogen (secondary N) is 8. The van der Waals surface area contributed by atoms with E-state index < -0.39 is 111 Å². The maximum Gasteiger partial charge on any atom is 0.246 e. The number of nitrogens with zero attached hydrogens (tertiary/aromatic N) is 12. The third-order valence-corrected chi connectivity index (χ3v) is 21.1. The lowest BCUT2D eigenvalue weighted by Crippen LogP contribution is -2.43. The number of ether oxygens (including phenoxy) is 12. The Hall–Kier alpha value is -12.4. The molecule has 0 saturated carbocycles. The number of hydrogen-bond donors (Lipinski definition) is 9. The Morgan fingerprint density at radius 1 is 0.304 bits per heavy atom. The molecule has 135 heavy (non-hydrogen) atoms. The molecule has 12 rings (SSSR count). The number of para-hydroxylation sites is 4. The lowest BCUT2D eigenvalue weighted by Gasteiger charge is -2.33. The number of carbonyl (C=O) groups excluding carboxylic acids is 8. The third kappa shape index (κ3) is 27.9. The zero-order chi connectivity index (χ0) is 95.6. The molecule has 0 aliphatic rings. The number of imidazole rings is 4. The van der Waals surface area contributed by atoms with E-state index in [0.29, 0.717) is 119 Å². The molecule has 0 aliphatic heterocycles. The molecule has 9 N–H and O–H groups in total. The first-order chi connectivity index (χ1) is 65.6. The van der Waals surface area contributed by atoms with Gasteiger partial charge in [-0.2, -0.15) is 0 Å².